The van der Waals surface area contributed by atoms with E-state index in [9.17, 15) is 10.1 Å². The van der Waals surface area contributed by atoms with Crippen LogP contribution in [0.2, 0.25) is 0 Å². The summed E-state index contributed by atoms with van der Waals surface area (Å²) in [6, 6.07) is 3.19. The van der Waals surface area contributed by atoms with Crippen molar-refractivity contribution >= 4 is 55.4 Å². The number of nitrogen functional groups attached to an aromatic ring is 1. The molecule has 0 aliphatic rings. The van der Waals surface area contributed by atoms with Crippen molar-refractivity contribution in [2.75, 3.05) is 5.73 Å². The maximum Gasteiger partial charge on any atom is 0.284 e. The van der Waals surface area contributed by atoms with Crippen molar-refractivity contribution in [1.82, 2.24) is 0 Å². The fourth-order valence-corrected chi connectivity index (χ4v) is 3.16. The van der Waals surface area contributed by atoms with Gasteiger partial charge in [-0.1, -0.05) is 0 Å². The number of nitrogens with two attached hydrogens (primary N) is 1. The molecule has 0 atom stereocenters. The Hall–Kier alpha value is -0.890. The van der Waals surface area contributed by atoms with E-state index in [1.54, 1.807) is 11.4 Å². The molecular weight excluding hydrogens is 315 g/mol. The molecule has 2 rings (SSSR count). The third-order valence-corrected chi connectivity index (χ3v) is 4.38. The number of fused-ring (bicyclic) bond motifs is 1. The Bertz CT molecular complexity index is 523. The summed E-state index contributed by atoms with van der Waals surface area (Å²) in [6.45, 7) is 0. The zero-order valence-electron chi connectivity index (χ0n) is 6.86. The molecule has 2 N–H and O–H groups in total. The van der Waals surface area contributed by atoms with Crippen molar-refractivity contribution in [3.8, 4) is 0 Å². The molecule has 0 aliphatic heterocycles. The van der Waals surface area contributed by atoms with Crippen LogP contribution in [0.3, 0.4) is 0 Å². The quantitative estimate of drug-likeness (QED) is 0.499. The van der Waals surface area contributed by atoms with Gasteiger partial charge >= 0.3 is 0 Å². The Morgan fingerprint density at radius 1 is 1.50 bits per heavy atom. The van der Waals surface area contributed by atoms with Crippen molar-refractivity contribution in [3.63, 3.8) is 0 Å². The second-order valence-electron chi connectivity index (χ2n) is 2.72. The molecule has 4 nitrogen and oxygen atoms in total. The maximum absolute atomic E-state index is 10.6. The van der Waals surface area contributed by atoms with Gasteiger partial charge in [-0.15, -0.1) is 11.3 Å². The highest BCUT2D eigenvalue weighted by Crippen LogP contribution is 2.36. The summed E-state index contributed by atoms with van der Waals surface area (Å²) < 4.78 is 1.55. The summed E-state index contributed by atoms with van der Waals surface area (Å²) in [4.78, 5) is 10.3. The van der Waals surface area contributed by atoms with Crippen molar-refractivity contribution < 1.29 is 4.92 Å². The Morgan fingerprint density at radius 2 is 2.21 bits per heavy atom. The number of hydrogen-bond acceptors (Lipinski definition) is 4. The molecule has 0 saturated carbocycles. The molecule has 0 amide bonds. The van der Waals surface area contributed by atoms with Crippen molar-refractivity contribution in [2.24, 2.45) is 0 Å². The first-order valence-electron chi connectivity index (χ1n) is 3.71. The van der Waals surface area contributed by atoms with E-state index in [0.717, 1.165) is 10.1 Å². The molecule has 1 heterocycles. The molecular formula is C8H5IN2O2S. The van der Waals surface area contributed by atoms with Gasteiger partial charge in [-0.3, -0.25) is 10.1 Å². The SMILES string of the molecule is Nc1csc2c(I)c([N+](=O)[O-])ccc12. The van der Waals surface area contributed by atoms with E-state index in [4.69, 9.17) is 5.73 Å². The van der Waals surface area contributed by atoms with Crippen LogP contribution in [0.25, 0.3) is 10.1 Å². The van der Waals surface area contributed by atoms with E-state index in [-0.39, 0.29) is 10.6 Å². The molecule has 1 aromatic heterocycles. The van der Waals surface area contributed by atoms with Crippen molar-refractivity contribution in [2.45, 2.75) is 0 Å². The summed E-state index contributed by atoms with van der Waals surface area (Å²) in [7, 11) is 0. The minimum atomic E-state index is -0.378. The molecule has 1 aromatic carbocycles. The summed E-state index contributed by atoms with van der Waals surface area (Å²) >= 11 is 3.42. The molecule has 0 saturated heterocycles. The van der Waals surface area contributed by atoms with Gasteiger partial charge in [-0.05, 0) is 28.7 Å². The number of nitro benzene ring substituents is 1. The van der Waals surface area contributed by atoms with Gasteiger partial charge < -0.3 is 5.73 Å². The number of hydrogen-bond donors (Lipinski definition) is 1. The van der Waals surface area contributed by atoms with Gasteiger partial charge in [0.05, 0.1) is 15.3 Å². The van der Waals surface area contributed by atoms with Crippen LogP contribution in [0.5, 0.6) is 0 Å². The number of nitro groups is 1. The molecule has 14 heavy (non-hydrogen) atoms. The van der Waals surface area contributed by atoms with Crippen LogP contribution in [-0.4, -0.2) is 4.92 Å². The predicted molar refractivity (Wildman–Crippen MR) is 65.6 cm³/mol. The minimum absolute atomic E-state index is 0.139. The van der Waals surface area contributed by atoms with Crippen LogP contribution in [0.4, 0.5) is 11.4 Å². The molecule has 0 unspecified atom stereocenters. The highest BCUT2D eigenvalue weighted by atomic mass is 127. The van der Waals surface area contributed by atoms with Gasteiger partial charge in [-0.2, -0.15) is 0 Å². The first-order valence-corrected chi connectivity index (χ1v) is 5.66. The summed E-state index contributed by atoms with van der Waals surface area (Å²) in [5.41, 5.74) is 6.53. The van der Waals surface area contributed by atoms with E-state index in [1.807, 2.05) is 22.6 Å². The summed E-state index contributed by atoms with van der Waals surface area (Å²) in [6.07, 6.45) is 0. The molecule has 2 aromatic rings. The van der Waals surface area contributed by atoms with Crippen LogP contribution >= 0.6 is 33.9 Å². The number of anilines is 1. The Kier molecular flexibility index (Phi) is 2.31. The molecule has 0 spiro atoms. The average molecular weight is 320 g/mol. The van der Waals surface area contributed by atoms with Crippen LogP contribution in [0, 0.1) is 13.7 Å². The largest absolute Gasteiger partial charge is 0.398 e. The monoisotopic (exact) mass is 320 g/mol. The lowest BCUT2D eigenvalue weighted by Crippen LogP contribution is -1.91. The lowest BCUT2D eigenvalue weighted by molar-refractivity contribution is -0.385. The molecule has 6 heteroatoms. The standard InChI is InChI=1S/C8H5IN2O2S/c9-7-6(11(12)13)2-1-4-5(10)3-14-8(4)7/h1-3H,10H2. The van der Waals surface area contributed by atoms with E-state index >= 15 is 0 Å². The number of rotatable bonds is 1. The highest BCUT2D eigenvalue weighted by molar-refractivity contribution is 14.1. The Morgan fingerprint density at radius 3 is 2.86 bits per heavy atom. The number of nitrogens with zero attached hydrogens (tertiary/aromatic N) is 1. The van der Waals surface area contributed by atoms with Gasteiger partial charge in [0.25, 0.3) is 5.69 Å². The van der Waals surface area contributed by atoms with Crippen LogP contribution in [0.1, 0.15) is 0 Å². The summed E-state index contributed by atoms with van der Waals surface area (Å²) in [5.74, 6) is 0. The fourth-order valence-electron chi connectivity index (χ4n) is 1.22. The van der Waals surface area contributed by atoms with Crippen LogP contribution in [-0.2, 0) is 0 Å². The topological polar surface area (TPSA) is 69.2 Å². The molecule has 72 valence electrons. The number of halogens is 1. The lowest BCUT2D eigenvalue weighted by atomic mass is 10.2. The zero-order chi connectivity index (χ0) is 10.3. The van der Waals surface area contributed by atoms with E-state index in [0.29, 0.717) is 9.26 Å². The third kappa shape index (κ3) is 1.34. The minimum Gasteiger partial charge on any atom is -0.398 e. The predicted octanol–water partition coefficient (Wildman–Crippen LogP) is 3.00. The number of benzene rings is 1. The average Bonchev–Trinajstić information content (AvgIpc) is 2.49. The maximum atomic E-state index is 10.6. The fraction of sp³-hybridized carbons (Fsp3) is 0. The van der Waals surface area contributed by atoms with Crippen molar-refractivity contribution in [3.05, 3.63) is 31.2 Å². The first kappa shape index (κ1) is 9.66. The Balaban J connectivity index is 2.82. The van der Waals surface area contributed by atoms with E-state index < -0.39 is 0 Å². The second-order valence-corrected chi connectivity index (χ2v) is 4.68. The van der Waals surface area contributed by atoms with Gasteiger partial charge in [-0.25, -0.2) is 0 Å². The van der Waals surface area contributed by atoms with Crippen LogP contribution in [0.15, 0.2) is 17.5 Å². The van der Waals surface area contributed by atoms with Gasteiger partial charge in [0.1, 0.15) is 3.57 Å². The molecule has 0 radical (unpaired) electrons. The van der Waals surface area contributed by atoms with Crippen LogP contribution < -0.4 is 5.73 Å². The third-order valence-electron chi connectivity index (χ3n) is 1.89. The zero-order valence-corrected chi connectivity index (χ0v) is 9.83. The summed E-state index contributed by atoms with van der Waals surface area (Å²) in [5, 5.41) is 13.3. The second kappa shape index (κ2) is 3.35. The van der Waals surface area contributed by atoms with E-state index in [1.165, 1.54) is 17.4 Å². The molecule has 0 fully saturated rings. The molecule has 0 aliphatic carbocycles. The van der Waals surface area contributed by atoms with Gasteiger partial charge in [0.15, 0.2) is 0 Å². The Labute approximate surface area is 97.0 Å². The number of thiophene rings is 1. The normalized spacial score (nSPS) is 10.6. The lowest BCUT2D eigenvalue weighted by Gasteiger charge is -1.96. The van der Waals surface area contributed by atoms with Crippen molar-refractivity contribution in [1.29, 1.82) is 0 Å². The molecule has 0 bridgehead atoms. The van der Waals surface area contributed by atoms with Gasteiger partial charge in [0.2, 0.25) is 0 Å². The van der Waals surface area contributed by atoms with E-state index in [2.05, 4.69) is 0 Å². The highest BCUT2D eigenvalue weighted by Gasteiger charge is 2.16. The van der Waals surface area contributed by atoms with Gasteiger partial charge in [0, 0.05) is 16.8 Å². The first-order chi connectivity index (χ1) is 6.61. The smallest absolute Gasteiger partial charge is 0.284 e.